The Hall–Kier alpha value is -2.18. The smallest absolute Gasteiger partial charge is 0.200 e. The van der Waals surface area contributed by atoms with Crippen LogP contribution in [-0.2, 0) is 6.54 Å². The van der Waals surface area contributed by atoms with E-state index in [0.29, 0.717) is 12.1 Å². The van der Waals surface area contributed by atoms with Crippen LogP contribution in [0.1, 0.15) is 5.56 Å². The first-order valence-electron chi connectivity index (χ1n) is 4.81. The minimum absolute atomic E-state index is 0.120. The number of hydrogen-bond acceptors (Lipinski definition) is 4. The highest BCUT2D eigenvalue weighted by molar-refractivity contribution is 5.31. The van der Waals surface area contributed by atoms with Crippen molar-refractivity contribution in [1.82, 2.24) is 14.9 Å². The van der Waals surface area contributed by atoms with Gasteiger partial charge in [0.25, 0.3) is 0 Å². The van der Waals surface area contributed by atoms with Crippen LogP contribution in [0.15, 0.2) is 24.8 Å². The molecule has 0 saturated heterocycles. The molecule has 2 aromatic rings. The van der Waals surface area contributed by atoms with Gasteiger partial charge >= 0.3 is 0 Å². The summed E-state index contributed by atoms with van der Waals surface area (Å²) in [5.41, 5.74) is 3.44. The van der Waals surface area contributed by atoms with E-state index in [1.54, 1.807) is 0 Å². The summed E-state index contributed by atoms with van der Waals surface area (Å²) in [5, 5.41) is 7.18. The second-order valence-corrected chi connectivity index (χ2v) is 3.30. The Kier molecular flexibility index (Phi) is 3.17. The molecule has 0 atom stereocenters. The van der Waals surface area contributed by atoms with Gasteiger partial charge in [0.05, 0.1) is 13.7 Å². The molecule has 1 heterocycles. The molecule has 0 aliphatic rings. The average Bonchev–Trinajstić information content (AvgIpc) is 2.83. The van der Waals surface area contributed by atoms with Crippen LogP contribution in [-0.4, -0.2) is 22.0 Å². The van der Waals surface area contributed by atoms with Crippen LogP contribution < -0.4 is 10.2 Å². The summed E-state index contributed by atoms with van der Waals surface area (Å²) in [7, 11) is 1.29. The van der Waals surface area contributed by atoms with Gasteiger partial charge in [0.15, 0.2) is 11.6 Å². The first kappa shape index (κ1) is 11.3. The molecule has 5 nitrogen and oxygen atoms in total. The Morgan fingerprint density at radius 3 is 2.65 bits per heavy atom. The molecule has 0 fully saturated rings. The van der Waals surface area contributed by atoms with E-state index in [-0.39, 0.29) is 5.75 Å². The maximum Gasteiger partial charge on any atom is 0.200 e. The van der Waals surface area contributed by atoms with E-state index in [4.69, 9.17) is 4.74 Å². The third kappa shape index (κ3) is 2.49. The number of ether oxygens (including phenoxy) is 1. The van der Waals surface area contributed by atoms with Crippen molar-refractivity contribution in [3.8, 4) is 5.75 Å². The Morgan fingerprint density at radius 1 is 1.29 bits per heavy atom. The van der Waals surface area contributed by atoms with Gasteiger partial charge < -0.3 is 10.2 Å². The zero-order valence-corrected chi connectivity index (χ0v) is 9.02. The lowest BCUT2D eigenvalue weighted by Gasteiger charge is -2.09. The molecule has 0 radical (unpaired) electrons. The van der Waals surface area contributed by atoms with Crippen molar-refractivity contribution in [1.29, 1.82) is 0 Å². The van der Waals surface area contributed by atoms with Crippen LogP contribution in [0, 0.1) is 11.6 Å². The van der Waals surface area contributed by atoms with Crippen molar-refractivity contribution in [3.63, 3.8) is 0 Å². The van der Waals surface area contributed by atoms with Crippen LogP contribution in [0.25, 0.3) is 0 Å². The van der Waals surface area contributed by atoms with Crippen molar-refractivity contribution in [2.75, 3.05) is 12.5 Å². The van der Waals surface area contributed by atoms with Gasteiger partial charge in [-0.2, -0.15) is 4.39 Å². The predicted molar refractivity (Wildman–Crippen MR) is 56.0 cm³/mol. The van der Waals surface area contributed by atoms with Crippen molar-refractivity contribution in [3.05, 3.63) is 42.0 Å². The molecule has 17 heavy (non-hydrogen) atoms. The largest absolute Gasteiger partial charge is 0.494 e. The molecule has 0 bridgehead atoms. The van der Waals surface area contributed by atoms with Crippen molar-refractivity contribution in [2.45, 2.75) is 6.54 Å². The molecule has 0 aliphatic carbocycles. The maximum atomic E-state index is 13.2. The molecule has 7 heteroatoms. The molecule has 1 aromatic heterocycles. The number of nitrogens with zero attached hydrogens (tertiary/aromatic N) is 3. The summed E-state index contributed by atoms with van der Waals surface area (Å²) in [4.78, 5) is 0. The number of benzene rings is 1. The molecular formula is C10H10F2N4O. The van der Waals surface area contributed by atoms with Gasteiger partial charge in [0.1, 0.15) is 12.7 Å². The Labute approximate surface area is 96.0 Å². The fourth-order valence-corrected chi connectivity index (χ4v) is 1.33. The van der Waals surface area contributed by atoms with Crippen LogP contribution in [0.2, 0.25) is 0 Å². The number of methoxy groups -OCH3 is 1. The van der Waals surface area contributed by atoms with Gasteiger partial charge in [-0.25, -0.2) is 9.07 Å². The lowest BCUT2D eigenvalue weighted by Crippen LogP contribution is -2.12. The van der Waals surface area contributed by atoms with Crippen molar-refractivity contribution >= 4 is 0 Å². The molecule has 0 saturated carbocycles. The topological polar surface area (TPSA) is 52.0 Å². The summed E-state index contributed by atoms with van der Waals surface area (Å²) >= 11 is 0. The van der Waals surface area contributed by atoms with E-state index in [0.717, 1.165) is 6.07 Å². The second kappa shape index (κ2) is 4.77. The van der Waals surface area contributed by atoms with Crippen LogP contribution >= 0.6 is 0 Å². The number of rotatable bonds is 4. The molecule has 0 unspecified atom stereocenters. The van der Waals surface area contributed by atoms with E-state index >= 15 is 0 Å². The average molecular weight is 240 g/mol. The fourth-order valence-electron chi connectivity index (χ4n) is 1.33. The quantitative estimate of drug-likeness (QED) is 0.875. The third-order valence-electron chi connectivity index (χ3n) is 2.16. The first-order chi connectivity index (χ1) is 8.20. The van der Waals surface area contributed by atoms with Crippen molar-refractivity contribution in [2.24, 2.45) is 0 Å². The van der Waals surface area contributed by atoms with Gasteiger partial charge in [0, 0.05) is 0 Å². The van der Waals surface area contributed by atoms with Gasteiger partial charge in [-0.05, 0) is 17.7 Å². The summed E-state index contributed by atoms with van der Waals surface area (Å²) in [5.74, 6) is -2.05. The van der Waals surface area contributed by atoms with Crippen molar-refractivity contribution < 1.29 is 13.5 Å². The Bertz CT molecular complexity index is 501. The van der Waals surface area contributed by atoms with Crippen LogP contribution in [0.5, 0.6) is 5.75 Å². The first-order valence-corrected chi connectivity index (χ1v) is 4.81. The van der Waals surface area contributed by atoms with Gasteiger partial charge in [-0.1, -0.05) is 0 Å². The number of nitrogens with one attached hydrogen (secondary N) is 1. The molecule has 0 aliphatic heterocycles. The zero-order valence-electron chi connectivity index (χ0n) is 9.02. The lowest BCUT2D eigenvalue weighted by atomic mass is 10.2. The summed E-state index contributed by atoms with van der Waals surface area (Å²) in [6.45, 7) is 0.297. The highest BCUT2D eigenvalue weighted by Crippen LogP contribution is 2.21. The fraction of sp³-hybridized carbons (Fsp3) is 0.200. The van der Waals surface area contributed by atoms with E-state index in [9.17, 15) is 8.78 Å². The zero-order chi connectivity index (χ0) is 12.3. The standard InChI is InChI=1S/C10H10F2N4O/c1-17-9-3-7(2-8(11)10(9)12)4-15-16-5-13-14-6-16/h2-3,5-6,15H,4H2,1H3. The monoisotopic (exact) mass is 240 g/mol. The molecule has 1 aromatic carbocycles. The minimum atomic E-state index is -0.986. The molecule has 1 N–H and O–H groups in total. The molecule has 0 spiro atoms. The highest BCUT2D eigenvalue weighted by Gasteiger charge is 2.10. The van der Waals surface area contributed by atoms with Crippen LogP contribution in [0.3, 0.4) is 0 Å². The SMILES string of the molecule is COc1cc(CNn2cnnc2)cc(F)c1F. The third-order valence-corrected chi connectivity index (χ3v) is 2.16. The minimum Gasteiger partial charge on any atom is -0.494 e. The molecule has 90 valence electrons. The molecular weight excluding hydrogens is 230 g/mol. The van der Waals surface area contributed by atoms with E-state index in [2.05, 4.69) is 15.6 Å². The summed E-state index contributed by atoms with van der Waals surface area (Å²) in [6.07, 6.45) is 2.91. The van der Waals surface area contributed by atoms with E-state index < -0.39 is 11.6 Å². The van der Waals surface area contributed by atoms with Crippen LogP contribution in [0.4, 0.5) is 8.78 Å². The maximum absolute atomic E-state index is 13.2. The lowest BCUT2D eigenvalue weighted by molar-refractivity contribution is 0.371. The number of aromatic nitrogens is 3. The Balaban J connectivity index is 2.13. The summed E-state index contributed by atoms with van der Waals surface area (Å²) in [6, 6.07) is 2.53. The van der Waals surface area contributed by atoms with E-state index in [1.807, 2.05) is 0 Å². The second-order valence-electron chi connectivity index (χ2n) is 3.30. The number of halogens is 2. The summed E-state index contributed by atoms with van der Waals surface area (Å²) < 4.78 is 32.6. The molecule has 0 amide bonds. The molecule has 2 rings (SSSR count). The normalized spacial score (nSPS) is 10.3. The Morgan fingerprint density at radius 2 is 2.00 bits per heavy atom. The highest BCUT2D eigenvalue weighted by atomic mass is 19.2. The predicted octanol–water partition coefficient (Wildman–Crippen LogP) is 1.31. The van der Waals surface area contributed by atoms with Gasteiger partial charge in [-0.3, -0.25) is 0 Å². The van der Waals surface area contributed by atoms with Gasteiger partial charge in [0.2, 0.25) is 5.82 Å². The van der Waals surface area contributed by atoms with E-state index in [1.165, 1.54) is 30.5 Å². The van der Waals surface area contributed by atoms with Gasteiger partial charge in [-0.15, -0.1) is 10.2 Å². The number of hydrogen-bond donors (Lipinski definition) is 1.